The number of hydrogen-bond donors (Lipinski definition) is 2. The number of nitrogens with zero attached hydrogens (tertiary/aromatic N) is 3. The molecular weight excluding hydrogens is 334 g/mol. The lowest BCUT2D eigenvalue weighted by molar-refractivity contribution is 0.0378. The quantitative estimate of drug-likeness (QED) is 0.746. The molecule has 0 bridgehead atoms. The summed E-state index contributed by atoms with van der Waals surface area (Å²) in [6.07, 6.45) is 1.07. The third kappa shape index (κ3) is 5.31. The lowest BCUT2D eigenvalue weighted by Crippen LogP contribution is -2.37. The van der Waals surface area contributed by atoms with E-state index in [-0.39, 0.29) is 0 Å². The minimum Gasteiger partial charge on any atom is -0.379 e. The van der Waals surface area contributed by atoms with Crippen LogP contribution in [0.5, 0.6) is 0 Å². The number of halogens is 1. The Morgan fingerprint density at radius 2 is 2.00 bits per heavy atom. The third-order valence-electron chi connectivity index (χ3n) is 3.56. The molecule has 1 aromatic carbocycles. The van der Waals surface area contributed by atoms with E-state index >= 15 is 0 Å². The molecule has 3 rings (SSSR count). The number of aromatic nitrogens is 2. The van der Waals surface area contributed by atoms with Crippen LogP contribution in [0.4, 0.5) is 16.8 Å². The predicted octanol–water partition coefficient (Wildman–Crippen LogP) is 3.07. The molecule has 6 nitrogen and oxygen atoms in total. The van der Waals surface area contributed by atoms with Crippen molar-refractivity contribution in [1.29, 1.82) is 0 Å². The summed E-state index contributed by atoms with van der Waals surface area (Å²) in [5.74, 6) is 0.674. The van der Waals surface area contributed by atoms with E-state index < -0.39 is 0 Å². The first-order valence-electron chi connectivity index (χ1n) is 7.70. The zero-order chi connectivity index (χ0) is 15.9. The second-order valence-corrected chi connectivity index (χ2v) is 6.48. The van der Waals surface area contributed by atoms with Crippen molar-refractivity contribution < 1.29 is 4.74 Å². The van der Waals surface area contributed by atoms with Gasteiger partial charge in [0, 0.05) is 41.9 Å². The first-order valence-corrected chi connectivity index (χ1v) is 8.85. The van der Waals surface area contributed by atoms with Crippen molar-refractivity contribution in [3.63, 3.8) is 0 Å². The Bertz CT molecular complexity index is 600. The number of morpholine rings is 1. The van der Waals surface area contributed by atoms with Crippen molar-refractivity contribution in [1.82, 2.24) is 14.3 Å². The van der Waals surface area contributed by atoms with E-state index in [0.29, 0.717) is 5.95 Å². The lowest BCUT2D eigenvalue weighted by Gasteiger charge is -2.26. The molecule has 1 aliphatic rings. The molecule has 0 saturated carbocycles. The summed E-state index contributed by atoms with van der Waals surface area (Å²) in [6, 6.07) is 7.52. The van der Waals surface area contributed by atoms with E-state index in [1.54, 1.807) is 0 Å². The van der Waals surface area contributed by atoms with Crippen molar-refractivity contribution in [2.45, 2.75) is 6.42 Å². The molecule has 0 spiro atoms. The number of anilines is 3. The van der Waals surface area contributed by atoms with Gasteiger partial charge in [-0.25, -0.2) is 0 Å². The van der Waals surface area contributed by atoms with E-state index in [0.717, 1.165) is 61.7 Å². The maximum absolute atomic E-state index is 5.87. The first kappa shape index (κ1) is 16.4. The summed E-state index contributed by atoms with van der Waals surface area (Å²) >= 11 is 7.21. The maximum atomic E-state index is 5.87. The van der Waals surface area contributed by atoms with Gasteiger partial charge in [0.15, 0.2) is 0 Å². The Morgan fingerprint density at radius 1 is 1.22 bits per heavy atom. The smallest absolute Gasteiger partial charge is 0.236 e. The van der Waals surface area contributed by atoms with Gasteiger partial charge in [-0.3, -0.25) is 4.90 Å². The van der Waals surface area contributed by atoms with Crippen LogP contribution in [0, 0.1) is 0 Å². The molecular formula is C15H20ClN5OS. The summed E-state index contributed by atoms with van der Waals surface area (Å²) in [4.78, 5) is 6.85. The van der Waals surface area contributed by atoms with Crippen LogP contribution >= 0.6 is 23.1 Å². The van der Waals surface area contributed by atoms with Crippen LogP contribution in [0.2, 0.25) is 5.02 Å². The lowest BCUT2D eigenvalue weighted by atomic mass is 10.3. The van der Waals surface area contributed by atoms with E-state index in [1.165, 1.54) is 11.5 Å². The van der Waals surface area contributed by atoms with E-state index in [4.69, 9.17) is 16.3 Å². The summed E-state index contributed by atoms with van der Waals surface area (Å²) < 4.78 is 9.65. The molecule has 0 aliphatic carbocycles. The van der Waals surface area contributed by atoms with Crippen molar-refractivity contribution in [2.24, 2.45) is 0 Å². The third-order valence-corrected chi connectivity index (χ3v) is 4.44. The van der Waals surface area contributed by atoms with Gasteiger partial charge in [-0.1, -0.05) is 11.6 Å². The number of rotatable bonds is 7. The molecule has 2 heterocycles. The largest absolute Gasteiger partial charge is 0.379 e. The van der Waals surface area contributed by atoms with Gasteiger partial charge < -0.3 is 15.4 Å². The molecule has 1 aliphatic heterocycles. The molecule has 23 heavy (non-hydrogen) atoms. The molecule has 1 aromatic heterocycles. The summed E-state index contributed by atoms with van der Waals surface area (Å²) in [7, 11) is 0. The number of benzene rings is 1. The fraction of sp³-hybridized carbons (Fsp3) is 0.467. The Labute approximate surface area is 145 Å². The molecule has 124 valence electrons. The molecule has 0 unspecified atom stereocenters. The highest BCUT2D eigenvalue weighted by atomic mass is 35.5. The monoisotopic (exact) mass is 353 g/mol. The van der Waals surface area contributed by atoms with Gasteiger partial charge in [-0.2, -0.15) is 9.36 Å². The fourth-order valence-electron chi connectivity index (χ4n) is 2.33. The molecule has 2 aromatic rings. The average Bonchev–Trinajstić information content (AvgIpc) is 3.02. The molecule has 0 atom stereocenters. The van der Waals surface area contributed by atoms with Crippen LogP contribution in [0.3, 0.4) is 0 Å². The minimum atomic E-state index is 0.674. The molecule has 2 N–H and O–H groups in total. The minimum absolute atomic E-state index is 0.674. The highest BCUT2D eigenvalue weighted by Crippen LogP contribution is 2.21. The number of nitrogens with one attached hydrogen (secondary N) is 2. The van der Waals surface area contributed by atoms with E-state index in [9.17, 15) is 0 Å². The zero-order valence-corrected chi connectivity index (χ0v) is 14.4. The van der Waals surface area contributed by atoms with Crippen LogP contribution in [-0.4, -0.2) is 53.7 Å². The highest BCUT2D eigenvalue weighted by Gasteiger charge is 2.09. The van der Waals surface area contributed by atoms with E-state index in [2.05, 4.69) is 24.9 Å². The molecule has 0 amide bonds. The van der Waals surface area contributed by atoms with E-state index in [1.807, 2.05) is 24.3 Å². The van der Waals surface area contributed by atoms with Gasteiger partial charge in [0.1, 0.15) is 0 Å². The summed E-state index contributed by atoms with van der Waals surface area (Å²) in [5.41, 5.74) is 0.949. The summed E-state index contributed by atoms with van der Waals surface area (Å²) in [6.45, 7) is 5.71. The van der Waals surface area contributed by atoms with Crippen molar-refractivity contribution in [3.8, 4) is 0 Å². The fourth-order valence-corrected chi connectivity index (χ4v) is 3.03. The van der Waals surface area contributed by atoms with Gasteiger partial charge in [0.05, 0.1) is 13.2 Å². The van der Waals surface area contributed by atoms with Crippen LogP contribution in [0.25, 0.3) is 0 Å². The number of ether oxygens (including phenoxy) is 1. The van der Waals surface area contributed by atoms with Crippen molar-refractivity contribution in [2.75, 3.05) is 50.0 Å². The van der Waals surface area contributed by atoms with Crippen LogP contribution in [0.1, 0.15) is 6.42 Å². The average molecular weight is 354 g/mol. The van der Waals surface area contributed by atoms with Crippen LogP contribution in [0.15, 0.2) is 24.3 Å². The van der Waals surface area contributed by atoms with Gasteiger partial charge in [0.25, 0.3) is 0 Å². The van der Waals surface area contributed by atoms with Crippen molar-refractivity contribution in [3.05, 3.63) is 29.3 Å². The van der Waals surface area contributed by atoms with Gasteiger partial charge in [0.2, 0.25) is 11.1 Å². The summed E-state index contributed by atoms with van der Waals surface area (Å²) in [5, 5.41) is 7.97. The predicted molar refractivity (Wildman–Crippen MR) is 95.0 cm³/mol. The van der Waals surface area contributed by atoms with Crippen LogP contribution in [-0.2, 0) is 4.74 Å². The number of hydrogen-bond acceptors (Lipinski definition) is 7. The standard InChI is InChI=1S/C15H20ClN5OS/c16-12-2-4-13(5-3-12)18-15-19-14(20-23-15)17-6-1-7-21-8-10-22-11-9-21/h2-5H,1,6-11H2,(H2,17,18,19,20). The molecule has 8 heteroatoms. The van der Waals surface area contributed by atoms with Gasteiger partial charge >= 0.3 is 0 Å². The first-order chi connectivity index (χ1) is 11.3. The second kappa shape index (κ2) is 8.44. The molecule has 0 radical (unpaired) electrons. The second-order valence-electron chi connectivity index (χ2n) is 5.29. The molecule has 1 fully saturated rings. The topological polar surface area (TPSA) is 62.3 Å². The van der Waals surface area contributed by atoms with Gasteiger partial charge in [-0.05, 0) is 37.2 Å². The molecule has 1 saturated heterocycles. The SMILES string of the molecule is Clc1ccc(Nc2nc(NCCCN3CCOCC3)ns2)cc1. The normalized spacial score (nSPS) is 15.5. The Morgan fingerprint density at radius 3 is 2.78 bits per heavy atom. The van der Waals surface area contributed by atoms with Gasteiger partial charge in [-0.15, -0.1) is 0 Å². The maximum Gasteiger partial charge on any atom is 0.236 e. The Kier molecular flexibility index (Phi) is 6.04. The van der Waals surface area contributed by atoms with Crippen molar-refractivity contribution >= 4 is 39.9 Å². The highest BCUT2D eigenvalue weighted by molar-refractivity contribution is 7.10. The zero-order valence-electron chi connectivity index (χ0n) is 12.8. The Hall–Kier alpha value is -1.41. The van der Waals surface area contributed by atoms with Crippen LogP contribution < -0.4 is 10.6 Å². The Balaban J connectivity index is 1.39.